The summed E-state index contributed by atoms with van der Waals surface area (Å²) in [6, 6.07) is 5.56. The van der Waals surface area contributed by atoms with Gasteiger partial charge >= 0.3 is 0 Å². The molecule has 0 radical (unpaired) electrons. The fourth-order valence-electron chi connectivity index (χ4n) is 1.70. The molecule has 0 unspecified atom stereocenters. The van der Waals surface area contributed by atoms with Gasteiger partial charge in [-0.2, -0.15) is 0 Å². The first-order valence-corrected chi connectivity index (χ1v) is 5.85. The van der Waals surface area contributed by atoms with Crippen molar-refractivity contribution in [2.45, 2.75) is 20.0 Å². The Bertz CT molecular complexity index is 352. The van der Waals surface area contributed by atoms with Crippen molar-refractivity contribution in [1.29, 1.82) is 0 Å². The van der Waals surface area contributed by atoms with Gasteiger partial charge in [0, 0.05) is 29.4 Å². The van der Waals surface area contributed by atoms with Gasteiger partial charge in [0.2, 0.25) is 0 Å². The highest BCUT2D eigenvalue weighted by Crippen LogP contribution is 2.25. The lowest BCUT2D eigenvalue weighted by Crippen LogP contribution is -2.25. The van der Waals surface area contributed by atoms with Gasteiger partial charge in [-0.05, 0) is 18.6 Å². The maximum atomic E-state index is 9.30. The van der Waals surface area contributed by atoms with Crippen LogP contribution in [0.2, 0.25) is 5.02 Å². The van der Waals surface area contributed by atoms with Crippen molar-refractivity contribution in [2.24, 2.45) is 0 Å². The number of halogens is 1. The highest BCUT2D eigenvalue weighted by molar-refractivity contribution is 6.30. The molecule has 88 valence electrons. The molecule has 0 aromatic heterocycles. The van der Waals surface area contributed by atoms with Crippen LogP contribution >= 0.6 is 11.6 Å². The fraction of sp³-hybridized carbons (Fsp3) is 0.385. The minimum Gasteiger partial charge on any atom is -0.392 e. The van der Waals surface area contributed by atoms with Crippen LogP contribution in [0.1, 0.15) is 18.9 Å². The number of anilines is 1. The Morgan fingerprint density at radius 3 is 2.81 bits per heavy atom. The normalized spacial score (nSPS) is 10.2. The molecule has 0 atom stereocenters. The molecule has 1 aromatic rings. The summed E-state index contributed by atoms with van der Waals surface area (Å²) in [5.74, 6) is 0. The summed E-state index contributed by atoms with van der Waals surface area (Å²) in [5.41, 5.74) is 1.90. The molecule has 0 heterocycles. The first kappa shape index (κ1) is 13.1. The number of hydrogen-bond acceptors (Lipinski definition) is 2. The smallest absolute Gasteiger partial charge is 0.0702 e. The zero-order valence-electron chi connectivity index (χ0n) is 9.62. The number of aliphatic hydroxyl groups is 1. The maximum absolute atomic E-state index is 9.30. The van der Waals surface area contributed by atoms with Crippen LogP contribution in [0.3, 0.4) is 0 Å². The van der Waals surface area contributed by atoms with Crippen LogP contribution in [0.4, 0.5) is 5.69 Å². The van der Waals surface area contributed by atoms with Gasteiger partial charge in [0.05, 0.1) is 6.61 Å². The predicted octanol–water partition coefficient (Wildman–Crippen LogP) is 3.23. The first-order valence-electron chi connectivity index (χ1n) is 5.48. The number of hydrogen-bond donors (Lipinski definition) is 1. The molecule has 2 nitrogen and oxygen atoms in total. The van der Waals surface area contributed by atoms with Crippen molar-refractivity contribution in [3.8, 4) is 0 Å². The fourth-order valence-corrected chi connectivity index (χ4v) is 1.87. The second-order valence-corrected chi connectivity index (χ2v) is 4.10. The molecule has 0 aliphatic rings. The monoisotopic (exact) mass is 239 g/mol. The molecule has 0 saturated heterocycles. The summed E-state index contributed by atoms with van der Waals surface area (Å²) in [6.45, 7) is 7.60. The third-order valence-electron chi connectivity index (χ3n) is 2.40. The maximum Gasteiger partial charge on any atom is 0.0702 e. The summed E-state index contributed by atoms with van der Waals surface area (Å²) in [4.78, 5) is 2.17. The SMILES string of the molecule is C=CCN(CCC)c1cc(Cl)ccc1CO. The number of nitrogens with zero attached hydrogens (tertiary/aromatic N) is 1. The molecule has 0 spiro atoms. The van der Waals surface area contributed by atoms with Crippen LogP contribution in [-0.4, -0.2) is 18.2 Å². The van der Waals surface area contributed by atoms with E-state index in [-0.39, 0.29) is 6.61 Å². The Morgan fingerprint density at radius 2 is 2.25 bits per heavy atom. The second kappa shape index (κ2) is 6.56. The molecule has 1 rings (SSSR count). The third-order valence-corrected chi connectivity index (χ3v) is 2.64. The molecular formula is C13H18ClNO. The van der Waals surface area contributed by atoms with Crippen molar-refractivity contribution >= 4 is 17.3 Å². The standard InChI is InChI=1S/C13H18ClNO/c1-3-7-15(8-4-2)13-9-12(14)6-5-11(13)10-16/h3,5-6,9,16H,1,4,7-8,10H2,2H3. The lowest BCUT2D eigenvalue weighted by atomic mass is 10.1. The van der Waals surface area contributed by atoms with Crippen LogP contribution in [0.25, 0.3) is 0 Å². The molecule has 0 aliphatic carbocycles. The summed E-state index contributed by atoms with van der Waals surface area (Å²) in [7, 11) is 0. The van der Waals surface area contributed by atoms with Crippen LogP contribution in [0.5, 0.6) is 0 Å². The number of rotatable bonds is 6. The highest BCUT2D eigenvalue weighted by atomic mass is 35.5. The molecule has 0 saturated carbocycles. The van der Waals surface area contributed by atoms with Crippen molar-refractivity contribution in [2.75, 3.05) is 18.0 Å². The molecule has 0 fully saturated rings. The molecule has 16 heavy (non-hydrogen) atoms. The zero-order chi connectivity index (χ0) is 12.0. The van der Waals surface area contributed by atoms with Gasteiger partial charge in [-0.3, -0.25) is 0 Å². The average molecular weight is 240 g/mol. The Hall–Kier alpha value is -0.990. The van der Waals surface area contributed by atoms with Gasteiger partial charge in [-0.1, -0.05) is 30.7 Å². The van der Waals surface area contributed by atoms with E-state index in [0.717, 1.165) is 30.8 Å². The Labute approximate surface area is 102 Å². The first-order chi connectivity index (χ1) is 7.72. The van der Waals surface area contributed by atoms with Gasteiger partial charge < -0.3 is 10.0 Å². The molecule has 0 aliphatic heterocycles. The van der Waals surface area contributed by atoms with Crippen LogP contribution in [-0.2, 0) is 6.61 Å². The largest absolute Gasteiger partial charge is 0.392 e. The minimum atomic E-state index is 0.0316. The van der Waals surface area contributed by atoms with Crippen molar-refractivity contribution in [1.82, 2.24) is 0 Å². The molecule has 1 N–H and O–H groups in total. The predicted molar refractivity (Wildman–Crippen MR) is 70.1 cm³/mol. The molecule has 1 aromatic carbocycles. The van der Waals surface area contributed by atoms with Gasteiger partial charge in [0.15, 0.2) is 0 Å². The topological polar surface area (TPSA) is 23.5 Å². The van der Waals surface area contributed by atoms with Crippen molar-refractivity contribution < 1.29 is 5.11 Å². The number of benzene rings is 1. The summed E-state index contributed by atoms with van der Waals surface area (Å²) < 4.78 is 0. The molecule has 0 bridgehead atoms. The third kappa shape index (κ3) is 3.26. The molecule has 0 amide bonds. The van der Waals surface area contributed by atoms with Crippen molar-refractivity contribution in [3.05, 3.63) is 41.4 Å². The van der Waals surface area contributed by atoms with E-state index < -0.39 is 0 Å². The van der Waals surface area contributed by atoms with Gasteiger partial charge in [-0.15, -0.1) is 6.58 Å². The minimum absolute atomic E-state index is 0.0316. The van der Waals surface area contributed by atoms with E-state index in [9.17, 15) is 5.11 Å². The van der Waals surface area contributed by atoms with Crippen LogP contribution in [0, 0.1) is 0 Å². The van der Waals surface area contributed by atoms with Gasteiger partial charge in [-0.25, -0.2) is 0 Å². The Balaban J connectivity index is 3.04. The molecule has 3 heteroatoms. The second-order valence-electron chi connectivity index (χ2n) is 3.67. The van der Waals surface area contributed by atoms with Crippen molar-refractivity contribution in [3.63, 3.8) is 0 Å². The lowest BCUT2D eigenvalue weighted by molar-refractivity contribution is 0.282. The van der Waals surface area contributed by atoms with E-state index in [4.69, 9.17) is 11.6 Å². The lowest BCUT2D eigenvalue weighted by Gasteiger charge is -2.25. The summed E-state index contributed by atoms with van der Waals surface area (Å²) in [5, 5.41) is 9.99. The van der Waals surface area contributed by atoms with Crippen LogP contribution < -0.4 is 4.90 Å². The van der Waals surface area contributed by atoms with E-state index in [2.05, 4.69) is 18.4 Å². The highest BCUT2D eigenvalue weighted by Gasteiger charge is 2.09. The van der Waals surface area contributed by atoms with E-state index in [1.165, 1.54) is 0 Å². The van der Waals surface area contributed by atoms with E-state index >= 15 is 0 Å². The zero-order valence-corrected chi connectivity index (χ0v) is 10.4. The van der Waals surface area contributed by atoms with E-state index in [1.54, 1.807) is 6.07 Å². The summed E-state index contributed by atoms with van der Waals surface area (Å²) >= 11 is 5.98. The quantitative estimate of drug-likeness (QED) is 0.771. The van der Waals surface area contributed by atoms with E-state index in [0.29, 0.717) is 5.02 Å². The molecular weight excluding hydrogens is 222 g/mol. The van der Waals surface area contributed by atoms with E-state index in [1.807, 2.05) is 18.2 Å². The number of aliphatic hydroxyl groups excluding tert-OH is 1. The van der Waals surface area contributed by atoms with Gasteiger partial charge in [0.25, 0.3) is 0 Å². The average Bonchev–Trinajstić information content (AvgIpc) is 2.29. The Kier molecular flexibility index (Phi) is 5.36. The Morgan fingerprint density at radius 1 is 1.50 bits per heavy atom. The summed E-state index contributed by atoms with van der Waals surface area (Å²) in [6.07, 6.45) is 2.91. The van der Waals surface area contributed by atoms with Crippen LogP contribution in [0.15, 0.2) is 30.9 Å². The van der Waals surface area contributed by atoms with Gasteiger partial charge in [0.1, 0.15) is 0 Å².